The van der Waals surface area contributed by atoms with Gasteiger partial charge >= 0.3 is 0 Å². The predicted octanol–water partition coefficient (Wildman–Crippen LogP) is 3.14. The molecule has 1 aliphatic carbocycles. The third-order valence-corrected chi connectivity index (χ3v) is 4.25. The number of rotatable bonds is 5. The van der Waals surface area contributed by atoms with Crippen LogP contribution in [0.4, 0.5) is 11.4 Å². The molecule has 2 rings (SSSR count). The smallest absolute Gasteiger partial charge is 0.250 e. The summed E-state index contributed by atoms with van der Waals surface area (Å²) in [6.07, 6.45) is 7.37. The number of amides is 1. The van der Waals surface area contributed by atoms with Crippen LogP contribution in [0.25, 0.3) is 0 Å². The Hall–Kier alpha value is -1.71. The van der Waals surface area contributed by atoms with E-state index in [9.17, 15) is 4.79 Å². The summed E-state index contributed by atoms with van der Waals surface area (Å²) < 4.78 is 0. The van der Waals surface area contributed by atoms with Gasteiger partial charge in [0.1, 0.15) is 0 Å². The molecule has 110 valence electrons. The third-order valence-electron chi connectivity index (χ3n) is 4.25. The molecular weight excluding hydrogens is 250 g/mol. The van der Waals surface area contributed by atoms with Gasteiger partial charge < -0.3 is 16.8 Å². The van der Waals surface area contributed by atoms with Gasteiger partial charge in [0.25, 0.3) is 5.91 Å². The van der Waals surface area contributed by atoms with Gasteiger partial charge in [0, 0.05) is 6.04 Å². The van der Waals surface area contributed by atoms with Crippen LogP contribution < -0.4 is 16.8 Å². The van der Waals surface area contributed by atoms with Gasteiger partial charge in [-0.05, 0) is 43.7 Å². The largest absolute Gasteiger partial charge is 0.397 e. The standard InChI is InChI=1S/C16H25N3O/c1-2-4-11-7-9-12(10-8-11)19-15-13(16(18)20)5-3-6-14(15)17/h3,5-6,11-12,19H,2,4,7-10,17H2,1H3,(H2,18,20). The van der Waals surface area contributed by atoms with Crippen LogP contribution in [0.5, 0.6) is 0 Å². The first-order valence-corrected chi connectivity index (χ1v) is 7.56. The maximum atomic E-state index is 11.5. The van der Waals surface area contributed by atoms with Crippen LogP contribution in [-0.2, 0) is 0 Å². The Balaban J connectivity index is 2.03. The zero-order valence-electron chi connectivity index (χ0n) is 12.2. The fraction of sp³-hybridized carbons (Fsp3) is 0.562. The number of para-hydroxylation sites is 1. The molecule has 1 aromatic carbocycles. The Morgan fingerprint density at radius 3 is 2.60 bits per heavy atom. The number of primary amides is 1. The first-order chi connectivity index (χ1) is 9.61. The number of anilines is 2. The SMILES string of the molecule is CCCC1CCC(Nc2c(N)cccc2C(N)=O)CC1. The maximum Gasteiger partial charge on any atom is 0.250 e. The monoisotopic (exact) mass is 275 g/mol. The van der Waals surface area contributed by atoms with Gasteiger partial charge in [-0.3, -0.25) is 4.79 Å². The van der Waals surface area contributed by atoms with Crippen molar-refractivity contribution in [1.82, 2.24) is 0 Å². The van der Waals surface area contributed by atoms with Crippen LogP contribution >= 0.6 is 0 Å². The van der Waals surface area contributed by atoms with E-state index in [1.807, 2.05) is 0 Å². The van der Waals surface area contributed by atoms with Gasteiger partial charge in [0.15, 0.2) is 0 Å². The highest BCUT2D eigenvalue weighted by Gasteiger charge is 2.22. The van der Waals surface area contributed by atoms with Gasteiger partial charge in [0.05, 0.1) is 16.9 Å². The lowest BCUT2D eigenvalue weighted by Crippen LogP contribution is -2.28. The summed E-state index contributed by atoms with van der Waals surface area (Å²) in [7, 11) is 0. The predicted molar refractivity (Wildman–Crippen MR) is 83.6 cm³/mol. The van der Waals surface area contributed by atoms with E-state index in [0.29, 0.717) is 23.0 Å². The highest BCUT2D eigenvalue weighted by atomic mass is 16.1. The van der Waals surface area contributed by atoms with E-state index < -0.39 is 5.91 Å². The lowest BCUT2D eigenvalue weighted by Gasteiger charge is -2.30. The molecule has 20 heavy (non-hydrogen) atoms. The second-order valence-corrected chi connectivity index (χ2v) is 5.78. The molecule has 0 radical (unpaired) electrons. The molecule has 0 heterocycles. The summed E-state index contributed by atoms with van der Waals surface area (Å²) in [5.41, 5.74) is 13.2. The lowest BCUT2D eigenvalue weighted by molar-refractivity contribution is 0.100. The number of nitrogens with one attached hydrogen (secondary N) is 1. The Labute approximate surface area is 120 Å². The van der Waals surface area contributed by atoms with Gasteiger partial charge in [0.2, 0.25) is 0 Å². The summed E-state index contributed by atoms with van der Waals surface area (Å²) in [5.74, 6) is 0.432. The minimum atomic E-state index is -0.431. The van der Waals surface area contributed by atoms with Crippen LogP contribution in [0.3, 0.4) is 0 Å². The Bertz CT molecular complexity index is 465. The molecule has 0 unspecified atom stereocenters. The number of hydrogen-bond acceptors (Lipinski definition) is 3. The van der Waals surface area contributed by atoms with Crippen molar-refractivity contribution in [2.24, 2.45) is 11.7 Å². The Kier molecular flexibility index (Phi) is 4.88. The van der Waals surface area contributed by atoms with E-state index in [2.05, 4.69) is 12.2 Å². The number of benzene rings is 1. The van der Waals surface area contributed by atoms with Crippen molar-refractivity contribution in [2.45, 2.75) is 51.5 Å². The van der Waals surface area contributed by atoms with E-state index >= 15 is 0 Å². The fourth-order valence-corrected chi connectivity index (χ4v) is 3.14. The normalized spacial score (nSPS) is 22.4. The molecule has 0 atom stereocenters. The highest BCUT2D eigenvalue weighted by Crippen LogP contribution is 2.32. The molecule has 0 spiro atoms. The summed E-state index contributed by atoms with van der Waals surface area (Å²) in [6, 6.07) is 5.69. The van der Waals surface area contributed by atoms with Crippen molar-refractivity contribution in [1.29, 1.82) is 0 Å². The van der Waals surface area contributed by atoms with Crippen molar-refractivity contribution in [3.8, 4) is 0 Å². The van der Waals surface area contributed by atoms with Crippen molar-refractivity contribution in [2.75, 3.05) is 11.1 Å². The summed E-state index contributed by atoms with van der Waals surface area (Å²) in [5, 5.41) is 3.44. The third kappa shape index (κ3) is 3.44. The molecule has 1 fully saturated rings. The van der Waals surface area contributed by atoms with E-state index in [4.69, 9.17) is 11.5 Å². The highest BCUT2D eigenvalue weighted by molar-refractivity contribution is 6.01. The van der Waals surface area contributed by atoms with E-state index in [0.717, 1.165) is 18.8 Å². The molecule has 1 aliphatic rings. The molecule has 0 aromatic heterocycles. The number of nitrogens with two attached hydrogens (primary N) is 2. The maximum absolute atomic E-state index is 11.5. The summed E-state index contributed by atoms with van der Waals surface area (Å²) in [6.45, 7) is 2.24. The average molecular weight is 275 g/mol. The Morgan fingerprint density at radius 1 is 1.30 bits per heavy atom. The van der Waals surface area contributed by atoms with Crippen LogP contribution in [-0.4, -0.2) is 11.9 Å². The second kappa shape index (κ2) is 6.64. The molecule has 0 saturated heterocycles. The number of carbonyl (C=O) groups excluding carboxylic acids is 1. The lowest BCUT2D eigenvalue weighted by atomic mass is 9.83. The molecule has 4 nitrogen and oxygen atoms in total. The van der Waals surface area contributed by atoms with Gasteiger partial charge in [-0.15, -0.1) is 0 Å². The van der Waals surface area contributed by atoms with Crippen molar-refractivity contribution in [3.63, 3.8) is 0 Å². The summed E-state index contributed by atoms with van der Waals surface area (Å²) in [4.78, 5) is 11.5. The van der Waals surface area contributed by atoms with Crippen LogP contribution in [0.2, 0.25) is 0 Å². The van der Waals surface area contributed by atoms with Crippen molar-refractivity contribution in [3.05, 3.63) is 23.8 Å². The van der Waals surface area contributed by atoms with Gasteiger partial charge in [-0.25, -0.2) is 0 Å². The number of hydrogen-bond donors (Lipinski definition) is 3. The zero-order chi connectivity index (χ0) is 14.5. The Morgan fingerprint density at radius 2 is 2.00 bits per heavy atom. The molecule has 1 aromatic rings. The van der Waals surface area contributed by atoms with Gasteiger partial charge in [-0.1, -0.05) is 25.8 Å². The quantitative estimate of drug-likeness (QED) is 0.722. The zero-order valence-corrected chi connectivity index (χ0v) is 12.2. The van der Waals surface area contributed by atoms with Gasteiger partial charge in [-0.2, -0.15) is 0 Å². The number of carbonyl (C=O) groups is 1. The minimum Gasteiger partial charge on any atom is -0.397 e. The van der Waals surface area contributed by atoms with Crippen LogP contribution in [0.1, 0.15) is 55.8 Å². The minimum absolute atomic E-state index is 0.394. The van der Waals surface area contributed by atoms with Crippen molar-refractivity contribution >= 4 is 17.3 Å². The molecule has 5 N–H and O–H groups in total. The molecule has 4 heteroatoms. The van der Waals surface area contributed by atoms with E-state index in [1.54, 1.807) is 18.2 Å². The van der Waals surface area contributed by atoms with E-state index in [1.165, 1.54) is 25.7 Å². The molecule has 0 bridgehead atoms. The first kappa shape index (κ1) is 14.7. The van der Waals surface area contributed by atoms with Crippen LogP contribution in [0.15, 0.2) is 18.2 Å². The molecule has 1 saturated carbocycles. The average Bonchev–Trinajstić information content (AvgIpc) is 2.43. The second-order valence-electron chi connectivity index (χ2n) is 5.78. The molecule has 1 amide bonds. The molecule has 0 aliphatic heterocycles. The fourth-order valence-electron chi connectivity index (χ4n) is 3.14. The van der Waals surface area contributed by atoms with E-state index in [-0.39, 0.29) is 0 Å². The first-order valence-electron chi connectivity index (χ1n) is 7.56. The van der Waals surface area contributed by atoms with Crippen molar-refractivity contribution < 1.29 is 4.79 Å². The van der Waals surface area contributed by atoms with Crippen LogP contribution in [0, 0.1) is 5.92 Å². The topological polar surface area (TPSA) is 81.1 Å². The summed E-state index contributed by atoms with van der Waals surface area (Å²) >= 11 is 0. The molecular formula is C16H25N3O. The number of nitrogen functional groups attached to an aromatic ring is 1.